The summed E-state index contributed by atoms with van der Waals surface area (Å²) < 4.78 is 0. The van der Waals surface area contributed by atoms with Gasteiger partial charge in [0.1, 0.15) is 0 Å². The molecule has 0 saturated heterocycles. The minimum absolute atomic E-state index is 0.00843. The van der Waals surface area contributed by atoms with E-state index >= 15 is 0 Å². The number of benzene rings is 1. The summed E-state index contributed by atoms with van der Waals surface area (Å²) in [5, 5.41) is 3.74. The summed E-state index contributed by atoms with van der Waals surface area (Å²) in [5.74, 6) is 0. The Morgan fingerprint density at radius 1 is 1.09 bits per heavy atom. The van der Waals surface area contributed by atoms with E-state index in [0.29, 0.717) is 0 Å². The Morgan fingerprint density at radius 3 is 2.53 bits per heavy atom. The summed E-state index contributed by atoms with van der Waals surface area (Å²) in [4.78, 5) is 2.63. The van der Waals surface area contributed by atoms with Crippen LogP contribution >= 0.6 is 0 Å². The summed E-state index contributed by atoms with van der Waals surface area (Å²) in [7, 11) is 0. The quantitative estimate of drug-likeness (QED) is 0.535. The van der Waals surface area contributed by atoms with Crippen molar-refractivity contribution < 1.29 is 0 Å². The van der Waals surface area contributed by atoms with E-state index in [9.17, 15) is 0 Å². The topological polar surface area (TPSA) is 41.3 Å². The zero-order chi connectivity index (χ0) is 23.1. The molecule has 0 fully saturated rings. The highest BCUT2D eigenvalue weighted by atomic mass is 15.1. The minimum Gasteiger partial charge on any atom is -0.380 e. The molecule has 0 atom stereocenters. The maximum absolute atomic E-state index is 5.91. The summed E-state index contributed by atoms with van der Waals surface area (Å²) in [6, 6.07) is 2.46. The molecular weight excluding hydrogens is 390 g/mol. The molecule has 0 aromatic heterocycles. The van der Waals surface area contributed by atoms with E-state index in [1.807, 2.05) is 0 Å². The number of hydrogen-bond acceptors (Lipinski definition) is 3. The lowest BCUT2D eigenvalue weighted by molar-refractivity contribution is 0.300. The van der Waals surface area contributed by atoms with Crippen LogP contribution in [0.4, 0.5) is 5.69 Å². The standard InChI is InChI=1S/C29H43N3/c1-20-16-26-23(17-22-10-7-14-32-15-8-11-24(26)27(22)32)18-25(20)21(2)31-29(5,6)13-9-12-28(3,4)19-30/h17-18,31H,1-2,7-16,19,30H2,3-6H3. The van der Waals surface area contributed by atoms with Gasteiger partial charge in [-0.3, -0.25) is 0 Å². The summed E-state index contributed by atoms with van der Waals surface area (Å²) in [5.41, 5.74) is 17.1. The molecule has 1 aromatic carbocycles. The van der Waals surface area contributed by atoms with Crippen molar-refractivity contribution >= 4 is 11.8 Å². The van der Waals surface area contributed by atoms with Gasteiger partial charge in [-0.1, -0.05) is 33.4 Å². The predicted octanol–water partition coefficient (Wildman–Crippen LogP) is 5.92. The lowest BCUT2D eigenvalue weighted by atomic mass is 9.79. The highest BCUT2D eigenvalue weighted by Gasteiger charge is 2.30. The van der Waals surface area contributed by atoms with Gasteiger partial charge in [0.05, 0.1) is 0 Å². The van der Waals surface area contributed by atoms with Crippen molar-refractivity contribution in [3.05, 3.63) is 58.3 Å². The Kier molecular flexibility index (Phi) is 6.33. The monoisotopic (exact) mass is 433 g/mol. The van der Waals surface area contributed by atoms with Crippen molar-refractivity contribution in [2.75, 3.05) is 24.5 Å². The Morgan fingerprint density at radius 2 is 1.81 bits per heavy atom. The number of hydrogen-bond donors (Lipinski definition) is 2. The van der Waals surface area contributed by atoms with Gasteiger partial charge in [-0.05, 0) is 111 Å². The smallest absolute Gasteiger partial charge is 0.0434 e. The molecule has 3 nitrogen and oxygen atoms in total. The third-order valence-corrected chi connectivity index (χ3v) is 7.77. The molecule has 174 valence electrons. The fourth-order valence-corrected chi connectivity index (χ4v) is 5.80. The Labute approximate surface area is 195 Å². The normalized spacial score (nSPS) is 18.1. The first kappa shape index (κ1) is 23.2. The Hall–Kier alpha value is -2.00. The van der Waals surface area contributed by atoms with E-state index in [1.165, 1.54) is 61.0 Å². The highest BCUT2D eigenvalue weighted by molar-refractivity contribution is 5.78. The number of nitrogens with one attached hydrogen (secondary N) is 1. The minimum atomic E-state index is -0.00843. The number of nitrogens with zero attached hydrogens (tertiary/aromatic N) is 1. The first-order valence-corrected chi connectivity index (χ1v) is 12.6. The van der Waals surface area contributed by atoms with Crippen molar-refractivity contribution in [3.63, 3.8) is 0 Å². The zero-order valence-corrected chi connectivity index (χ0v) is 20.9. The van der Waals surface area contributed by atoms with E-state index in [-0.39, 0.29) is 11.0 Å². The number of fused-ring (bicyclic) bond motifs is 2. The molecule has 0 amide bonds. The van der Waals surface area contributed by atoms with Gasteiger partial charge in [-0.25, -0.2) is 0 Å². The molecule has 0 unspecified atom stereocenters. The molecule has 0 spiro atoms. The Bertz CT molecular complexity index is 946. The van der Waals surface area contributed by atoms with Gasteiger partial charge >= 0.3 is 0 Å². The second kappa shape index (κ2) is 8.74. The van der Waals surface area contributed by atoms with Gasteiger partial charge in [-0.15, -0.1) is 0 Å². The van der Waals surface area contributed by atoms with Crippen molar-refractivity contribution in [1.82, 2.24) is 5.32 Å². The molecule has 3 aliphatic rings. The maximum Gasteiger partial charge on any atom is 0.0434 e. The number of rotatable bonds is 8. The third-order valence-electron chi connectivity index (χ3n) is 7.77. The first-order valence-electron chi connectivity index (χ1n) is 12.6. The highest BCUT2D eigenvalue weighted by Crippen LogP contribution is 2.43. The van der Waals surface area contributed by atoms with Gasteiger partial charge in [0, 0.05) is 35.6 Å². The molecule has 0 radical (unpaired) electrons. The fourth-order valence-electron chi connectivity index (χ4n) is 5.80. The van der Waals surface area contributed by atoms with Gasteiger partial charge in [0.25, 0.3) is 0 Å². The summed E-state index contributed by atoms with van der Waals surface area (Å²) in [6.45, 7) is 21.2. The molecule has 3 heteroatoms. The number of nitrogens with two attached hydrogens (primary N) is 1. The molecule has 2 heterocycles. The van der Waals surface area contributed by atoms with Crippen LogP contribution in [0.3, 0.4) is 0 Å². The lowest BCUT2D eigenvalue weighted by Gasteiger charge is -2.39. The molecule has 2 aliphatic heterocycles. The average Bonchev–Trinajstić information content (AvgIpc) is 2.73. The van der Waals surface area contributed by atoms with Gasteiger partial charge < -0.3 is 16.0 Å². The molecule has 32 heavy (non-hydrogen) atoms. The molecule has 0 bridgehead atoms. The molecule has 1 aliphatic carbocycles. The zero-order valence-electron chi connectivity index (χ0n) is 20.9. The van der Waals surface area contributed by atoms with Crippen LogP contribution in [0.2, 0.25) is 0 Å². The van der Waals surface area contributed by atoms with Crippen molar-refractivity contribution in [2.24, 2.45) is 11.1 Å². The predicted molar refractivity (Wildman–Crippen MR) is 139 cm³/mol. The first-order chi connectivity index (χ1) is 15.1. The van der Waals surface area contributed by atoms with Crippen LogP contribution in [0.1, 0.15) is 82.1 Å². The lowest BCUT2D eigenvalue weighted by Crippen LogP contribution is -2.39. The van der Waals surface area contributed by atoms with Crippen LogP contribution in [0, 0.1) is 5.41 Å². The molecular formula is C29H43N3. The van der Waals surface area contributed by atoms with E-state index in [4.69, 9.17) is 5.73 Å². The Balaban J connectivity index is 1.53. The van der Waals surface area contributed by atoms with E-state index in [0.717, 1.165) is 37.9 Å². The van der Waals surface area contributed by atoms with Gasteiger partial charge in [0.2, 0.25) is 0 Å². The van der Waals surface area contributed by atoms with E-state index in [2.05, 4.69) is 63.2 Å². The van der Waals surface area contributed by atoms with Crippen LogP contribution in [-0.2, 0) is 19.3 Å². The van der Waals surface area contributed by atoms with E-state index < -0.39 is 0 Å². The second-order valence-electron chi connectivity index (χ2n) is 11.7. The van der Waals surface area contributed by atoms with Gasteiger partial charge in [0.15, 0.2) is 0 Å². The molecule has 1 aromatic rings. The SMILES string of the molecule is C=C1Cc2c(cc3c4c2CCCN4CCC3)C=C1C(=C)NC(C)(C)CCCC(C)(C)CN. The number of allylic oxidation sites excluding steroid dienone is 1. The third kappa shape index (κ3) is 4.69. The summed E-state index contributed by atoms with van der Waals surface area (Å²) in [6.07, 6.45) is 11.7. The van der Waals surface area contributed by atoms with Gasteiger partial charge in [-0.2, -0.15) is 0 Å². The fraction of sp³-hybridized carbons (Fsp3) is 0.586. The number of aryl methyl sites for hydroxylation is 1. The van der Waals surface area contributed by atoms with Crippen LogP contribution in [0.5, 0.6) is 0 Å². The maximum atomic E-state index is 5.91. The molecule has 3 N–H and O–H groups in total. The average molecular weight is 434 g/mol. The second-order valence-corrected chi connectivity index (χ2v) is 11.7. The van der Waals surface area contributed by atoms with Crippen molar-refractivity contribution in [3.8, 4) is 0 Å². The largest absolute Gasteiger partial charge is 0.380 e. The van der Waals surface area contributed by atoms with Crippen LogP contribution in [-0.4, -0.2) is 25.2 Å². The summed E-state index contributed by atoms with van der Waals surface area (Å²) >= 11 is 0. The van der Waals surface area contributed by atoms with Crippen LogP contribution < -0.4 is 16.0 Å². The molecule has 4 rings (SSSR count). The van der Waals surface area contributed by atoms with Crippen LogP contribution in [0.15, 0.2) is 36.1 Å². The van der Waals surface area contributed by atoms with E-state index in [1.54, 1.807) is 16.8 Å². The van der Waals surface area contributed by atoms with Crippen molar-refractivity contribution in [1.29, 1.82) is 0 Å². The number of anilines is 1. The van der Waals surface area contributed by atoms with Crippen LogP contribution in [0.25, 0.3) is 6.08 Å². The molecule has 0 saturated carbocycles. The van der Waals surface area contributed by atoms with Crippen molar-refractivity contribution in [2.45, 2.75) is 84.6 Å².